The van der Waals surface area contributed by atoms with Crippen LogP contribution in [-0.2, 0) is 17.9 Å². The van der Waals surface area contributed by atoms with Crippen LogP contribution < -0.4 is 0 Å². The van der Waals surface area contributed by atoms with E-state index in [0.29, 0.717) is 6.42 Å². The van der Waals surface area contributed by atoms with Gasteiger partial charge in [-0.15, -0.1) is 0 Å². The van der Waals surface area contributed by atoms with Crippen molar-refractivity contribution in [1.29, 1.82) is 0 Å². The lowest BCUT2D eigenvalue weighted by atomic mass is 10.1. The van der Waals surface area contributed by atoms with Crippen LogP contribution in [0.15, 0.2) is 22.7 Å². The third-order valence-corrected chi connectivity index (χ3v) is 3.49. The second-order valence-electron chi connectivity index (χ2n) is 3.88. The Bertz CT molecular complexity index is 389. The summed E-state index contributed by atoms with van der Waals surface area (Å²) in [6.07, 6.45) is 1.58. The van der Waals surface area contributed by atoms with Gasteiger partial charge in [0.1, 0.15) is 0 Å². The predicted octanol–water partition coefficient (Wildman–Crippen LogP) is 3.09. The summed E-state index contributed by atoms with van der Waals surface area (Å²) in [6.45, 7) is 3.57. The molecule has 0 saturated carbocycles. The highest BCUT2D eigenvalue weighted by molar-refractivity contribution is 9.10. The summed E-state index contributed by atoms with van der Waals surface area (Å²) in [7, 11) is 0. The summed E-state index contributed by atoms with van der Waals surface area (Å²) in [5.74, 6) is 0.264. The maximum Gasteiger partial charge on any atom is 0.223 e. The Kier molecular flexibility index (Phi) is 3.10. The molecule has 1 amide bonds. The lowest BCUT2D eigenvalue weighted by Gasteiger charge is -2.14. The van der Waals surface area contributed by atoms with Gasteiger partial charge in [0, 0.05) is 24.0 Å². The standard InChI is InChI=1S/C12H14BrNO/c1-2-4-12(15)14-7-9-5-3-6-11(13)10(9)8-14/h3,5-6H,2,4,7-8H2,1H3. The average Bonchev–Trinajstić information content (AvgIpc) is 2.63. The lowest BCUT2D eigenvalue weighted by molar-refractivity contribution is -0.131. The predicted molar refractivity (Wildman–Crippen MR) is 63.3 cm³/mol. The monoisotopic (exact) mass is 267 g/mol. The normalized spacial score (nSPS) is 14.1. The van der Waals surface area contributed by atoms with Crippen molar-refractivity contribution in [2.24, 2.45) is 0 Å². The van der Waals surface area contributed by atoms with Gasteiger partial charge in [0.15, 0.2) is 0 Å². The molecule has 0 radical (unpaired) electrons. The average molecular weight is 268 g/mol. The van der Waals surface area contributed by atoms with Gasteiger partial charge in [0.05, 0.1) is 0 Å². The molecule has 0 saturated heterocycles. The van der Waals surface area contributed by atoms with Crippen LogP contribution in [-0.4, -0.2) is 10.8 Å². The second kappa shape index (κ2) is 4.35. The topological polar surface area (TPSA) is 20.3 Å². The van der Waals surface area contributed by atoms with E-state index in [1.807, 2.05) is 24.0 Å². The maximum absolute atomic E-state index is 11.7. The van der Waals surface area contributed by atoms with Crippen LogP contribution in [0.3, 0.4) is 0 Å². The van der Waals surface area contributed by atoms with E-state index >= 15 is 0 Å². The molecular formula is C12H14BrNO. The number of rotatable bonds is 2. The summed E-state index contributed by atoms with van der Waals surface area (Å²) in [6, 6.07) is 6.16. The van der Waals surface area contributed by atoms with E-state index in [9.17, 15) is 4.79 Å². The van der Waals surface area contributed by atoms with Crippen molar-refractivity contribution >= 4 is 21.8 Å². The highest BCUT2D eigenvalue weighted by atomic mass is 79.9. The summed E-state index contributed by atoms with van der Waals surface area (Å²) >= 11 is 3.52. The number of hydrogen-bond acceptors (Lipinski definition) is 1. The first-order valence-corrected chi connectivity index (χ1v) is 6.05. The van der Waals surface area contributed by atoms with Gasteiger partial charge >= 0.3 is 0 Å². The van der Waals surface area contributed by atoms with Crippen molar-refractivity contribution in [3.05, 3.63) is 33.8 Å². The van der Waals surface area contributed by atoms with Crippen LogP contribution in [0, 0.1) is 0 Å². The van der Waals surface area contributed by atoms with Crippen LogP contribution in [0.25, 0.3) is 0 Å². The molecule has 0 spiro atoms. The molecule has 1 aliphatic rings. The molecule has 80 valence electrons. The summed E-state index contributed by atoms with van der Waals surface area (Å²) in [4.78, 5) is 13.7. The van der Waals surface area contributed by atoms with Crippen molar-refractivity contribution in [2.45, 2.75) is 32.9 Å². The molecule has 0 unspecified atom stereocenters. The summed E-state index contributed by atoms with van der Waals surface area (Å²) in [5, 5.41) is 0. The van der Waals surface area contributed by atoms with Gasteiger partial charge in [0.2, 0.25) is 5.91 Å². The molecule has 2 nitrogen and oxygen atoms in total. The van der Waals surface area contributed by atoms with Crippen molar-refractivity contribution in [3.63, 3.8) is 0 Å². The third kappa shape index (κ3) is 2.07. The zero-order valence-electron chi connectivity index (χ0n) is 8.79. The van der Waals surface area contributed by atoms with Crippen LogP contribution in [0.5, 0.6) is 0 Å². The Morgan fingerprint density at radius 1 is 1.47 bits per heavy atom. The Morgan fingerprint density at radius 2 is 2.27 bits per heavy atom. The number of carbonyl (C=O) groups excluding carboxylic acids is 1. The minimum absolute atomic E-state index is 0.264. The maximum atomic E-state index is 11.7. The smallest absolute Gasteiger partial charge is 0.223 e. The number of nitrogens with zero attached hydrogens (tertiary/aromatic N) is 1. The molecule has 2 rings (SSSR count). The van der Waals surface area contributed by atoms with Gasteiger partial charge in [0.25, 0.3) is 0 Å². The molecule has 0 aliphatic carbocycles. The Balaban J connectivity index is 2.15. The van der Waals surface area contributed by atoms with Crippen LogP contribution in [0.1, 0.15) is 30.9 Å². The zero-order chi connectivity index (χ0) is 10.8. The van der Waals surface area contributed by atoms with E-state index in [4.69, 9.17) is 0 Å². The van der Waals surface area contributed by atoms with E-state index in [0.717, 1.165) is 24.0 Å². The zero-order valence-corrected chi connectivity index (χ0v) is 10.4. The molecule has 3 heteroatoms. The van der Waals surface area contributed by atoms with Gasteiger partial charge in [-0.05, 0) is 23.6 Å². The first-order chi connectivity index (χ1) is 7.22. The number of carbonyl (C=O) groups is 1. The van der Waals surface area contributed by atoms with Gasteiger partial charge in [-0.25, -0.2) is 0 Å². The number of fused-ring (bicyclic) bond motifs is 1. The first kappa shape index (κ1) is 10.7. The van der Waals surface area contributed by atoms with Crippen molar-refractivity contribution in [2.75, 3.05) is 0 Å². The van der Waals surface area contributed by atoms with Crippen molar-refractivity contribution in [3.8, 4) is 0 Å². The summed E-state index contributed by atoms with van der Waals surface area (Å²) in [5.41, 5.74) is 2.54. The van der Waals surface area contributed by atoms with Crippen molar-refractivity contribution in [1.82, 2.24) is 4.90 Å². The SMILES string of the molecule is CCCC(=O)N1Cc2cccc(Br)c2C1. The molecule has 0 aromatic heterocycles. The molecule has 0 atom stereocenters. The van der Waals surface area contributed by atoms with E-state index in [2.05, 4.69) is 22.0 Å². The fourth-order valence-electron chi connectivity index (χ4n) is 1.93. The van der Waals surface area contributed by atoms with Crippen LogP contribution >= 0.6 is 15.9 Å². The van der Waals surface area contributed by atoms with Crippen molar-refractivity contribution < 1.29 is 4.79 Å². The molecule has 1 heterocycles. The van der Waals surface area contributed by atoms with E-state index in [1.165, 1.54) is 11.1 Å². The fraction of sp³-hybridized carbons (Fsp3) is 0.417. The Labute approximate surface area is 98.4 Å². The highest BCUT2D eigenvalue weighted by Crippen LogP contribution is 2.29. The molecule has 0 N–H and O–H groups in total. The van der Waals surface area contributed by atoms with Gasteiger partial charge in [-0.2, -0.15) is 0 Å². The minimum atomic E-state index is 0.264. The summed E-state index contributed by atoms with van der Waals surface area (Å²) < 4.78 is 1.12. The molecular weight excluding hydrogens is 254 g/mol. The van der Waals surface area contributed by atoms with Crippen LogP contribution in [0.2, 0.25) is 0 Å². The van der Waals surface area contributed by atoms with E-state index in [-0.39, 0.29) is 5.91 Å². The highest BCUT2D eigenvalue weighted by Gasteiger charge is 2.23. The lowest BCUT2D eigenvalue weighted by Crippen LogP contribution is -2.24. The van der Waals surface area contributed by atoms with Gasteiger partial charge in [-0.1, -0.05) is 35.0 Å². The Hall–Kier alpha value is -0.830. The van der Waals surface area contributed by atoms with Gasteiger partial charge < -0.3 is 4.90 Å². The van der Waals surface area contributed by atoms with Crippen LogP contribution in [0.4, 0.5) is 0 Å². The largest absolute Gasteiger partial charge is 0.334 e. The number of hydrogen-bond donors (Lipinski definition) is 0. The second-order valence-corrected chi connectivity index (χ2v) is 4.73. The molecule has 0 bridgehead atoms. The minimum Gasteiger partial charge on any atom is -0.334 e. The number of amides is 1. The molecule has 1 aromatic rings. The van der Waals surface area contributed by atoms with E-state index in [1.54, 1.807) is 0 Å². The van der Waals surface area contributed by atoms with E-state index < -0.39 is 0 Å². The molecule has 0 fully saturated rings. The quantitative estimate of drug-likeness (QED) is 0.807. The first-order valence-electron chi connectivity index (χ1n) is 5.26. The fourth-order valence-corrected chi connectivity index (χ4v) is 2.46. The van der Waals surface area contributed by atoms with Gasteiger partial charge in [-0.3, -0.25) is 4.79 Å². The molecule has 1 aliphatic heterocycles. The number of halogens is 1. The number of benzene rings is 1. The molecule has 15 heavy (non-hydrogen) atoms. The Morgan fingerprint density at radius 3 is 2.93 bits per heavy atom. The molecule has 1 aromatic carbocycles. The third-order valence-electron chi connectivity index (χ3n) is 2.74.